The van der Waals surface area contributed by atoms with E-state index in [1.165, 1.54) is 11.3 Å². The Labute approximate surface area is 171 Å². The molecule has 0 bridgehead atoms. The Hall–Kier alpha value is -1.83. The number of carbonyl (C=O) groups excluding carboxylic acids is 1. The third kappa shape index (κ3) is 3.39. The van der Waals surface area contributed by atoms with Crippen molar-refractivity contribution in [1.82, 2.24) is 4.98 Å². The van der Waals surface area contributed by atoms with Gasteiger partial charge in [0.05, 0.1) is 11.8 Å². The molecular formula is C19H13Br2NO3S. The Morgan fingerprint density at radius 3 is 2.62 bits per heavy atom. The average Bonchev–Trinajstić information content (AvgIpc) is 3.14. The highest BCUT2D eigenvalue weighted by Gasteiger charge is 2.44. The van der Waals surface area contributed by atoms with Gasteiger partial charge in [0.15, 0.2) is 0 Å². The summed E-state index contributed by atoms with van der Waals surface area (Å²) in [6.07, 6.45) is 2.16. The molecule has 0 aliphatic carbocycles. The van der Waals surface area contributed by atoms with E-state index in [0.717, 1.165) is 16.3 Å². The van der Waals surface area contributed by atoms with Crippen LogP contribution in [0, 0.1) is 0 Å². The van der Waals surface area contributed by atoms with Crippen molar-refractivity contribution in [1.29, 1.82) is 0 Å². The maximum absolute atomic E-state index is 11.9. The number of hydrogen-bond acceptors (Lipinski definition) is 4. The Bertz CT molecular complexity index is 959. The average molecular weight is 495 g/mol. The van der Waals surface area contributed by atoms with Crippen molar-refractivity contribution in [2.24, 2.45) is 0 Å². The van der Waals surface area contributed by atoms with E-state index in [2.05, 4.69) is 36.8 Å². The van der Waals surface area contributed by atoms with Crippen LogP contribution in [-0.2, 0) is 10.2 Å². The summed E-state index contributed by atoms with van der Waals surface area (Å²) in [5, 5.41) is 12.2. The molecule has 7 heteroatoms. The number of rotatable bonds is 6. The maximum Gasteiger partial charge on any atom is 0.305 e. The van der Waals surface area contributed by atoms with Crippen LogP contribution in [0.1, 0.15) is 32.9 Å². The van der Waals surface area contributed by atoms with Crippen molar-refractivity contribution in [3.63, 3.8) is 0 Å². The third-order valence-corrected chi connectivity index (χ3v) is 6.22. The van der Waals surface area contributed by atoms with Gasteiger partial charge in [-0.15, -0.1) is 11.3 Å². The number of aldehydes is 1. The fraction of sp³-hybridized carbons (Fsp3) is 0.105. The Morgan fingerprint density at radius 2 is 2.00 bits per heavy atom. The van der Waals surface area contributed by atoms with Crippen LogP contribution in [0.25, 0.3) is 0 Å². The summed E-state index contributed by atoms with van der Waals surface area (Å²) in [5.41, 5.74) is 0.681. The zero-order chi connectivity index (χ0) is 18.7. The first-order chi connectivity index (χ1) is 12.5. The highest BCUT2D eigenvalue weighted by Crippen LogP contribution is 2.47. The predicted octanol–water partition coefficient (Wildman–Crippen LogP) is 5.29. The van der Waals surface area contributed by atoms with Crippen LogP contribution in [0.4, 0.5) is 0 Å². The topological polar surface area (TPSA) is 67.3 Å². The van der Waals surface area contributed by atoms with Crippen molar-refractivity contribution >= 4 is 55.5 Å². The molecule has 132 valence electrons. The number of carbonyl (C=O) groups is 2. The normalized spacial score (nSPS) is 13.2. The summed E-state index contributed by atoms with van der Waals surface area (Å²) in [4.78, 5) is 28.1. The lowest BCUT2D eigenvalue weighted by molar-refractivity contribution is -0.137. The second-order valence-electron chi connectivity index (χ2n) is 5.65. The molecule has 1 atom stereocenters. The summed E-state index contributed by atoms with van der Waals surface area (Å²) in [6, 6.07) is 12.7. The maximum atomic E-state index is 11.9. The molecule has 0 aliphatic rings. The molecule has 1 unspecified atom stereocenters. The van der Waals surface area contributed by atoms with Gasteiger partial charge in [-0.05, 0) is 29.3 Å². The fourth-order valence-corrected chi connectivity index (χ4v) is 5.13. The standard InChI is InChI=1S/C19H13Br2NO3S/c20-14-5-2-4-13(9-14)19(10-16(24)25,18-22-7-8-26-18)17-12(11-23)3-1-6-15(17)21/h1-9,11H,10H2,(H,24,25). The quantitative estimate of drug-likeness (QED) is 0.473. The van der Waals surface area contributed by atoms with Gasteiger partial charge in [-0.1, -0.05) is 56.1 Å². The van der Waals surface area contributed by atoms with Crippen molar-refractivity contribution in [2.45, 2.75) is 11.8 Å². The number of halogens is 2. The lowest BCUT2D eigenvalue weighted by Crippen LogP contribution is -2.34. The minimum absolute atomic E-state index is 0.236. The molecule has 0 spiro atoms. The van der Waals surface area contributed by atoms with Crippen molar-refractivity contribution < 1.29 is 14.7 Å². The van der Waals surface area contributed by atoms with Gasteiger partial charge >= 0.3 is 5.97 Å². The van der Waals surface area contributed by atoms with Crippen LogP contribution >= 0.6 is 43.2 Å². The van der Waals surface area contributed by atoms with Crippen molar-refractivity contribution in [3.05, 3.63) is 84.7 Å². The molecule has 0 saturated carbocycles. The monoisotopic (exact) mass is 493 g/mol. The first-order valence-electron chi connectivity index (χ1n) is 7.61. The van der Waals surface area contributed by atoms with Gasteiger partial charge in [0.2, 0.25) is 0 Å². The molecule has 1 aromatic heterocycles. The van der Waals surface area contributed by atoms with E-state index in [1.54, 1.807) is 23.7 Å². The van der Waals surface area contributed by atoms with Gasteiger partial charge in [-0.3, -0.25) is 9.59 Å². The molecule has 0 radical (unpaired) electrons. The molecule has 0 aliphatic heterocycles. The molecule has 4 nitrogen and oxygen atoms in total. The minimum atomic E-state index is -1.10. The number of aromatic nitrogens is 1. The van der Waals surface area contributed by atoms with Crippen LogP contribution in [0.5, 0.6) is 0 Å². The Balaban J connectivity index is 2.46. The smallest absolute Gasteiger partial charge is 0.305 e. The fourth-order valence-electron chi connectivity index (χ4n) is 3.15. The predicted molar refractivity (Wildman–Crippen MR) is 108 cm³/mol. The highest BCUT2D eigenvalue weighted by molar-refractivity contribution is 9.10. The summed E-state index contributed by atoms with van der Waals surface area (Å²) >= 11 is 8.36. The number of nitrogens with zero attached hydrogens (tertiary/aromatic N) is 1. The SMILES string of the molecule is O=Cc1cccc(Br)c1C(CC(=O)O)(c1cccc(Br)c1)c1nccs1. The van der Waals surface area contributed by atoms with E-state index in [9.17, 15) is 14.7 Å². The van der Waals surface area contributed by atoms with Gasteiger partial charge in [0.25, 0.3) is 0 Å². The van der Waals surface area contributed by atoms with Crippen LogP contribution < -0.4 is 0 Å². The number of hydrogen-bond donors (Lipinski definition) is 1. The second-order valence-corrected chi connectivity index (χ2v) is 8.31. The molecule has 3 rings (SSSR count). The molecule has 0 amide bonds. The van der Waals surface area contributed by atoms with E-state index in [4.69, 9.17) is 0 Å². The first kappa shape index (κ1) is 18.9. The highest BCUT2D eigenvalue weighted by atomic mass is 79.9. The summed E-state index contributed by atoms with van der Waals surface area (Å²) in [6.45, 7) is 0. The second kappa shape index (κ2) is 7.82. The molecule has 1 heterocycles. The van der Waals surface area contributed by atoms with E-state index in [-0.39, 0.29) is 6.42 Å². The number of carboxylic acids is 1. The molecule has 0 fully saturated rings. The van der Waals surface area contributed by atoms with E-state index < -0.39 is 11.4 Å². The Morgan fingerprint density at radius 1 is 1.23 bits per heavy atom. The van der Waals surface area contributed by atoms with Gasteiger partial charge < -0.3 is 5.11 Å². The number of thiazole rings is 1. The van der Waals surface area contributed by atoms with Crippen LogP contribution in [-0.4, -0.2) is 22.3 Å². The number of carboxylic acid groups (broad SMARTS) is 1. The van der Waals surface area contributed by atoms with Crippen LogP contribution in [0.2, 0.25) is 0 Å². The summed E-state index contributed by atoms with van der Waals surface area (Å²) in [7, 11) is 0. The molecule has 3 aromatic rings. The van der Waals surface area contributed by atoms with E-state index in [0.29, 0.717) is 20.6 Å². The van der Waals surface area contributed by atoms with Crippen LogP contribution in [0.15, 0.2) is 63.0 Å². The Kier molecular flexibility index (Phi) is 5.70. The van der Waals surface area contributed by atoms with E-state index in [1.807, 2.05) is 30.3 Å². The largest absolute Gasteiger partial charge is 0.481 e. The van der Waals surface area contributed by atoms with Crippen molar-refractivity contribution in [2.75, 3.05) is 0 Å². The van der Waals surface area contributed by atoms with Crippen LogP contribution in [0.3, 0.4) is 0 Å². The summed E-state index contributed by atoms with van der Waals surface area (Å²) in [5.74, 6) is -0.979. The molecular weight excluding hydrogens is 482 g/mol. The first-order valence-corrected chi connectivity index (χ1v) is 10.1. The van der Waals surface area contributed by atoms with Gasteiger partial charge in [0.1, 0.15) is 11.3 Å². The van der Waals surface area contributed by atoms with Gasteiger partial charge in [-0.25, -0.2) is 4.98 Å². The molecule has 0 saturated heterocycles. The lowest BCUT2D eigenvalue weighted by atomic mass is 9.71. The minimum Gasteiger partial charge on any atom is -0.481 e. The summed E-state index contributed by atoms with van der Waals surface area (Å²) < 4.78 is 1.49. The van der Waals surface area contributed by atoms with Crippen molar-refractivity contribution in [3.8, 4) is 0 Å². The van der Waals surface area contributed by atoms with Gasteiger partial charge in [0, 0.05) is 26.1 Å². The number of benzene rings is 2. The zero-order valence-electron chi connectivity index (χ0n) is 13.4. The third-order valence-electron chi connectivity index (χ3n) is 4.13. The van der Waals surface area contributed by atoms with E-state index >= 15 is 0 Å². The molecule has 1 N–H and O–H groups in total. The van der Waals surface area contributed by atoms with Gasteiger partial charge in [-0.2, -0.15) is 0 Å². The lowest BCUT2D eigenvalue weighted by Gasteiger charge is -2.34. The molecule has 26 heavy (non-hydrogen) atoms. The molecule has 2 aromatic carbocycles. The number of aliphatic carboxylic acids is 1. The zero-order valence-corrected chi connectivity index (χ0v) is 17.3.